The third-order valence-corrected chi connectivity index (χ3v) is 3.04. The summed E-state index contributed by atoms with van der Waals surface area (Å²) in [4.78, 5) is 34.5. The molecule has 0 atom stereocenters. The Bertz CT molecular complexity index is 551. The van der Waals surface area contributed by atoms with Crippen molar-refractivity contribution in [2.24, 2.45) is 0 Å². The first kappa shape index (κ1) is 23.9. The van der Waals surface area contributed by atoms with E-state index < -0.39 is 61.4 Å². The number of alkyl halides is 4. The van der Waals surface area contributed by atoms with Crippen molar-refractivity contribution in [3.05, 3.63) is 12.2 Å². The zero-order valence-corrected chi connectivity index (χ0v) is 15.0. The minimum atomic E-state index is -4.23. The molecule has 0 spiro atoms. The molecule has 0 heterocycles. The average molecular weight is 386 g/mol. The fourth-order valence-corrected chi connectivity index (χ4v) is 1.46. The fourth-order valence-electron chi connectivity index (χ4n) is 1.46. The quantitative estimate of drug-likeness (QED) is 0.189. The summed E-state index contributed by atoms with van der Waals surface area (Å²) in [5.41, 5.74) is -1.73. The minimum absolute atomic E-state index is 0.0610. The lowest BCUT2D eigenvalue weighted by Crippen LogP contribution is -2.40. The summed E-state index contributed by atoms with van der Waals surface area (Å²) in [5.74, 6) is -11.3. The summed E-state index contributed by atoms with van der Waals surface area (Å²) in [6.45, 7) is 5.79. The molecule has 0 unspecified atom stereocenters. The van der Waals surface area contributed by atoms with E-state index in [-0.39, 0.29) is 12.5 Å². The molecule has 6 nitrogen and oxygen atoms in total. The number of hydrogen-bond acceptors (Lipinski definition) is 6. The van der Waals surface area contributed by atoms with Crippen molar-refractivity contribution in [3.8, 4) is 0 Å². The molecule has 0 saturated heterocycles. The van der Waals surface area contributed by atoms with Gasteiger partial charge in [0.1, 0.15) is 0 Å². The van der Waals surface area contributed by atoms with E-state index in [0.29, 0.717) is 0 Å². The van der Waals surface area contributed by atoms with E-state index in [4.69, 9.17) is 4.74 Å². The molecule has 0 N–H and O–H groups in total. The third kappa shape index (κ3) is 7.83. The Morgan fingerprint density at radius 1 is 1.00 bits per heavy atom. The van der Waals surface area contributed by atoms with E-state index in [1.54, 1.807) is 0 Å². The fraction of sp³-hybridized carbons (Fsp3) is 0.688. The number of rotatable bonds is 10. The molecule has 0 radical (unpaired) electrons. The van der Waals surface area contributed by atoms with Crippen LogP contribution in [-0.2, 0) is 28.6 Å². The van der Waals surface area contributed by atoms with Crippen LogP contribution in [0.1, 0.15) is 40.5 Å². The van der Waals surface area contributed by atoms with E-state index in [1.807, 2.05) is 0 Å². The lowest BCUT2D eigenvalue weighted by molar-refractivity contribution is -0.203. The van der Waals surface area contributed by atoms with Gasteiger partial charge in [0.25, 0.3) is 0 Å². The van der Waals surface area contributed by atoms with Crippen LogP contribution in [0.5, 0.6) is 0 Å². The lowest BCUT2D eigenvalue weighted by atomic mass is 10.1. The molecule has 0 aromatic heterocycles. The monoisotopic (exact) mass is 386 g/mol. The van der Waals surface area contributed by atoms with Crippen LogP contribution >= 0.6 is 0 Å². The van der Waals surface area contributed by atoms with Crippen molar-refractivity contribution in [2.75, 3.05) is 13.2 Å². The van der Waals surface area contributed by atoms with Crippen molar-refractivity contribution < 1.29 is 46.2 Å². The summed E-state index contributed by atoms with van der Waals surface area (Å²) in [7, 11) is 0. The predicted octanol–water partition coefficient (Wildman–Crippen LogP) is 3.04. The topological polar surface area (TPSA) is 78.9 Å². The van der Waals surface area contributed by atoms with Crippen LogP contribution in [0.2, 0.25) is 0 Å². The molecule has 0 rings (SSSR count). The summed E-state index contributed by atoms with van der Waals surface area (Å²) >= 11 is 0. The lowest BCUT2D eigenvalue weighted by Gasteiger charge is -2.24. The Morgan fingerprint density at radius 2 is 1.54 bits per heavy atom. The van der Waals surface area contributed by atoms with E-state index in [2.05, 4.69) is 16.1 Å². The van der Waals surface area contributed by atoms with Gasteiger partial charge >= 0.3 is 29.8 Å². The first-order valence-corrected chi connectivity index (χ1v) is 7.57. The number of esters is 3. The number of halogens is 4. The first-order valence-electron chi connectivity index (χ1n) is 7.57. The van der Waals surface area contributed by atoms with Crippen LogP contribution in [0.3, 0.4) is 0 Å². The van der Waals surface area contributed by atoms with Gasteiger partial charge in [0.2, 0.25) is 5.60 Å². The van der Waals surface area contributed by atoms with Gasteiger partial charge in [0.15, 0.2) is 6.61 Å². The smallest absolute Gasteiger partial charge is 0.350 e. The van der Waals surface area contributed by atoms with Crippen molar-refractivity contribution in [3.63, 3.8) is 0 Å². The molecule has 150 valence electrons. The normalized spacial score (nSPS) is 12.3. The van der Waals surface area contributed by atoms with E-state index in [0.717, 1.165) is 0 Å². The van der Waals surface area contributed by atoms with Gasteiger partial charge in [-0.1, -0.05) is 6.58 Å². The molecule has 0 aliphatic carbocycles. The number of ether oxygens (including phenoxy) is 3. The van der Waals surface area contributed by atoms with Crippen molar-refractivity contribution >= 4 is 17.9 Å². The number of carbonyl (C=O) groups excluding carboxylic acids is 3. The number of hydrogen-bond donors (Lipinski definition) is 0. The molecular formula is C16H22F4O6. The number of carbonyl (C=O) groups is 3. The largest absolute Gasteiger partial charge is 0.463 e. The molecule has 26 heavy (non-hydrogen) atoms. The highest BCUT2D eigenvalue weighted by atomic mass is 19.3. The predicted molar refractivity (Wildman–Crippen MR) is 81.7 cm³/mol. The van der Waals surface area contributed by atoms with Gasteiger partial charge in [-0.15, -0.1) is 0 Å². The van der Waals surface area contributed by atoms with Crippen LogP contribution < -0.4 is 0 Å². The van der Waals surface area contributed by atoms with Crippen molar-refractivity contribution in [1.29, 1.82) is 0 Å². The van der Waals surface area contributed by atoms with E-state index in [1.165, 1.54) is 20.8 Å². The van der Waals surface area contributed by atoms with E-state index in [9.17, 15) is 31.9 Å². The maximum Gasteiger partial charge on any atom is 0.350 e. The van der Waals surface area contributed by atoms with E-state index >= 15 is 0 Å². The van der Waals surface area contributed by atoms with Crippen LogP contribution in [0.4, 0.5) is 17.6 Å². The molecule has 10 heteroatoms. The maximum absolute atomic E-state index is 13.1. The van der Waals surface area contributed by atoms with Crippen LogP contribution in [0.25, 0.3) is 0 Å². The third-order valence-electron chi connectivity index (χ3n) is 3.04. The highest BCUT2D eigenvalue weighted by Gasteiger charge is 2.51. The van der Waals surface area contributed by atoms with Gasteiger partial charge in [-0.3, -0.25) is 0 Å². The van der Waals surface area contributed by atoms with Crippen molar-refractivity contribution in [1.82, 2.24) is 0 Å². The summed E-state index contributed by atoms with van der Waals surface area (Å²) in [6, 6.07) is 0. The standard InChI is InChI=1S/C16H22F4O6/c1-10(2)12(22)25-9-11(21)26-14(3,4)13(23)24-8-6-7-16(19,20)15(5,17)18/h1,6-9H2,2-5H3. The van der Waals surface area contributed by atoms with Gasteiger partial charge in [-0.25, -0.2) is 23.2 Å². The van der Waals surface area contributed by atoms with Gasteiger partial charge < -0.3 is 14.2 Å². The van der Waals surface area contributed by atoms with Crippen molar-refractivity contribution in [2.45, 2.75) is 58.0 Å². The Labute approximate surface area is 148 Å². The second-order valence-corrected chi connectivity index (χ2v) is 6.17. The Balaban J connectivity index is 4.37. The van der Waals surface area contributed by atoms with Crippen LogP contribution in [0, 0.1) is 0 Å². The second kappa shape index (κ2) is 9.00. The molecular weight excluding hydrogens is 364 g/mol. The molecule has 0 aromatic rings. The highest BCUT2D eigenvalue weighted by Crippen LogP contribution is 2.37. The molecule has 0 saturated carbocycles. The Morgan fingerprint density at radius 3 is 2.00 bits per heavy atom. The summed E-state index contributed by atoms with van der Waals surface area (Å²) in [5, 5.41) is 0. The average Bonchev–Trinajstić information content (AvgIpc) is 2.47. The molecule has 0 amide bonds. The minimum Gasteiger partial charge on any atom is -0.463 e. The van der Waals surface area contributed by atoms with Crippen LogP contribution in [0.15, 0.2) is 12.2 Å². The molecule has 0 aromatic carbocycles. The van der Waals surface area contributed by atoms with Gasteiger partial charge in [-0.2, -0.15) is 8.78 Å². The molecule has 0 fully saturated rings. The molecule has 0 bridgehead atoms. The van der Waals surface area contributed by atoms with Gasteiger partial charge in [-0.05, 0) is 27.2 Å². The summed E-state index contributed by atoms with van der Waals surface area (Å²) < 4.78 is 65.4. The highest BCUT2D eigenvalue weighted by molar-refractivity contribution is 5.89. The Hall–Kier alpha value is -2.13. The molecule has 0 aliphatic rings. The van der Waals surface area contributed by atoms with Crippen LogP contribution in [-0.4, -0.2) is 48.6 Å². The Kier molecular flexibility index (Phi) is 8.26. The SMILES string of the molecule is C=C(C)C(=O)OCC(=O)OC(C)(C)C(=O)OCCCC(F)(F)C(C)(F)F. The zero-order valence-electron chi connectivity index (χ0n) is 15.0. The van der Waals surface area contributed by atoms with Gasteiger partial charge in [0, 0.05) is 18.9 Å². The molecule has 0 aliphatic heterocycles. The summed E-state index contributed by atoms with van der Waals surface area (Å²) in [6.07, 6.45) is -1.69. The maximum atomic E-state index is 13.1. The van der Waals surface area contributed by atoms with Gasteiger partial charge in [0.05, 0.1) is 6.61 Å². The first-order chi connectivity index (χ1) is 11.6. The zero-order chi connectivity index (χ0) is 20.8. The second-order valence-electron chi connectivity index (χ2n) is 6.17.